The van der Waals surface area contributed by atoms with Gasteiger partial charge in [0, 0.05) is 10.6 Å². The van der Waals surface area contributed by atoms with E-state index in [0.29, 0.717) is 22.9 Å². The van der Waals surface area contributed by atoms with Gasteiger partial charge in [-0.3, -0.25) is 0 Å². The lowest BCUT2D eigenvalue weighted by atomic mass is 10.2. The minimum absolute atomic E-state index is 0. The third-order valence-electron chi connectivity index (χ3n) is 5.53. The van der Waals surface area contributed by atoms with E-state index in [0.717, 1.165) is 5.56 Å². The van der Waals surface area contributed by atoms with Crippen LogP contribution in [0.5, 0.6) is 0 Å². The van der Waals surface area contributed by atoms with Crippen LogP contribution in [0.25, 0.3) is 11.4 Å². The van der Waals surface area contributed by atoms with E-state index in [-0.39, 0.29) is 12.4 Å². The van der Waals surface area contributed by atoms with Crippen molar-refractivity contribution in [3.05, 3.63) is 126 Å². The van der Waals surface area contributed by atoms with Crippen molar-refractivity contribution >= 4 is 34.8 Å². The second-order valence-electron chi connectivity index (χ2n) is 7.49. The van der Waals surface area contributed by atoms with E-state index in [9.17, 15) is 0 Å². The molecule has 0 saturated carbocycles. The molecule has 1 aromatic heterocycles. The highest BCUT2D eigenvalue weighted by Crippen LogP contribution is 2.57. The number of hydrogen-bond donors (Lipinski definition) is 0. The smallest absolute Gasteiger partial charge is 0.265 e. The Kier molecular flexibility index (Phi) is 7.25. The molecule has 0 N–H and O–H groups in total. The molecule has 6 heteroatoms. The van der Waals surface area contributed by atoms with E-state index >= 15 is 0 Å². The van der Waals surface area contributed by atoms with Gasteiger partial charge in [0.2, 0.25) is 5.82 Å². The molecule has 0 atom stereocenters. The van der Waals surface area contributed by atoms with Gasteiger partial charge in [-0.25, -0.2) is 0 Å². The molecule has 0 bridgehead atoms. The first-order valence-electron chi connectivity index (χ1n) is 10.4. The summed E-state index contributed by atoms with van der Waals surface area (Å²) < 4.78 is 5.80. The number of benzene rings is 4. The van der Waals surface area contributed by atoms with Crippen LogP contribution in [0.1, 0.15) is 5.89 Å². The molecule has 0 saturated heterocycles. The van der Waals surface area contributed by atoms with Crippen LogP contribution in [-0.4, -0.2) is 10.1 Å². The minimum Gasteiger partial charge on any atom is -1.00 e. The Labute approximate surface area is 205 Å². The molecule has 5 aromatic rings. The molecule has 0 spiro atoms. The normalized spacial score (nSPS) is 11.1. The highest BCUT2D eigenvalue weighted by atomic mass is 35.5. The average molecular weight is 491 g/mol. The predicted octanol–water partition coefficient (Wildman–Crippen LogP) is 2.89. The Morgan fingerprint density at radius 3 is 1.55 bits per heavy atom. The van der Waals surface area contributed by atoms with E-state index in [1.54, 1.807) is 0 Å². The summed E-state index contributed by atoms with van der Waals surface area (Å²) in [5, 5.41) is 8.79. The number of rotatable bonds is 6. The molecule has 0 aliphatic carbocycles. The summed E-state index contributed by atoms with van der Waals surface area (Å²) in [6, 6.07) is 39.5. The first-order chi connectivity index (χ1) is 15.8. The van der Waals surface area contributed by atoms with Gasteiger partial charge in [-0.05, 0) is 60.7 Å². The van der Waals surface area contributed by atoms with Gasteiger partial charge in [-0.2, -0.15) is 4.98 Å². The van der Waals surface area contributed by atoms with E-state index < -0.39 is 7.26 Å². The quantitative estimate of drug-likeness (QED) is 0.343. The molecule has 3 nitrogen and oxygen atoms in total. The first kappa shape index (κ1) is 23.2. The molecular formula is C27H21Cl2N2OP. The maximum Gasteiger partial charge on any atom is 0.265 e. The van der Waals surface area contributed by atoms with Gasteiger partial charge in [0.15, 0.2) is 6.16 Å². The second-order valence-corrected chi connectivity index (χ2v) is 11.4. The van der Waals surface area contributed by atoms with Crippen LogP contribution in [0.3, 0.4) is 0 Å². The number of hydrogen-bond acceptors (Lipinski definition) is 3. The molecule has 0 aliphatic heterocycles. The monoisotopic (exact) mass is 490 g/mol. The van der Waals surface area contributed by atoms with Crippen LogP contribution in [0, 0.1) is 0 Å². The largest absolute Gasteiger partial charge is 1.00 e. The molecule has 5 rings (SSSR count). The Bertz CT molecular complexity index is 1200. The van der Waals surface area contributed by atoms with Crippen LogP contribution < -0.4 is 28.3 Å². The lowest BCUT2D eigenvalue weighted by molar-refractivity contribution is -0.00000675. The van der Waals surface area contributed by atoms with Crippen LogP contribution in [0.2, 0.25) is 5.02 Å². The summed E-state index contributed by atoms with van der Waals surface area (Å²) in [7, 11) is -2.08. The molecule has 0 amide bonds. The summed E-state index contributed by atoms with van der Waals surface area (Å²) in [6.07, 6.45) is 0.644. The first-order valence-corrected chi connectivity index (χ1v) is 12.7. The highest BCUT2D eigenvalue weighted by Gasteiger charge is 2.47. The van der Waals surface area contributed by atoms with Crippen molar-refractivity contribution in [3.63, 3.8) is 0 Å². The van der Waals surface area contributed by atoms with Gasteiger partial charge in [0.1, 0.15) is 23.2 Å². The van der Waals surface area contributed by atoms with Crippen molar-refractivity contribution in [2.45, 2.75) is 6.16 Å². The van der Waals surface area contributed by atoms with Gasteiger partial charge < -0.3 is 16.9 Å². The molecule has 0 unspecified atom stereocenters. The molecular weight excluding hydrogens is 470 g/mol. The fourth-order valence-corrected chi connectivity index (χ4v) is 8.15. The highest BCUT2D eigenvalue weighted by molar-refractivity contribution is 7.95. The lowest BCUT2D eigenvalue weighted by Crippen LogP contribution is -3.00. The van der Waals surface area contributed by atoms with Crippen molar-refractivity contribution in [3.8, 4) is 11.4 Å². The molecule has 0 fully saturated rings. The van der Waals surface area contributed by atoms with Crippen molar-refractivity contribution in [1.82, 2.24) is 10.1 Å². The minimum atomic E-state index is -2.08. The lowest BCUT2D eigenvalue weighted by Gasteiger charge is -2.26. The van der Waals surface area contributed by atoms with Crippen molar-refractivity contribution < 1.29 is 16.9 Å². The zero-order valence-electron chi connectivity index (χ0n) is 17.7. The van der Waals surface area contributed by atoms with Crippen molar-refractivity contribution in [2.24, 2.45) is 0 Å². The van der Waals surface area contributed by atoms with Crippen LogP contribution in [0.15, 0.2) is 120 Å². The van der Waals surface area contributed by atoms with Gasteiger partial charge >= 0.3 is 0 Å². The van der Waals surface area contributed by atoms with Crippen LogP contribution in [-0.2, 0) is 6.16 Å². The van der Waals surface area contributed by atoms with E-state index in [4.69, 9.17) is 21.1 Å². The summed E-state index contributed by atoms with van der Waals surface area (Å²) in [5.41, 5.74) is 0.882. The molecule has 164 valence electrons. The molecule has 33 heavy (non-hydrogen) atoms. The summed E-state index contributed by atoms with van der Waals surface area (Å²) >= 11 is 6.04. The summed E-state index contributed by atoms with van der Waals surface area (Å²) in [6.45, 7) is 0. The van der Waals surface area contributed by atoms with Crippen molar-refractivity contribution in [2.75, 3.05) is 0 Å². The number of halogens is 2. The fraction of sp³-hybridized carbons (Fsp3) is 0.0370. The fourth-order valence-electron chi connectivity index (χ4n) is 4.01. The average Bonchev–Trinajstić information content (AvgIpc) is 3.33. The third kappa shape index (κ3) is 4.72. The Balaban J connectivity index is 0.00000259. The van der Waals surface area contributed by atoms with Gasteiger partial charge in [0.25, 0.3) is 5.89 Å². The topological polar surface area (TPSA) is 38.9 Å². The SMILES string of the molecule is Clc1ccc(-c2noc(C[P+](c3ccccc3)(c3ccccc3)c3ccccc3)n2)cc1.[Cl-]. The zero-order chi connectivity index (χ0) is 21.8. The van der Waals surface area contributed by atoms with Gasteiger partial charge in [0.05, 0.1) is 0 Å². The molecule has 0 aliphatic rings. The van der Waals surface area contributed by atoms with Crippen LogP contribution >= 0.6 is 18.9 Å². The van der Waals surface area contributed by atoms with E-state index in [2.05, 4.69) is 96.2 Å². The predicted molar refractivity (Wildman–Crippen MR) is 134 cm³/mol. The molecule has 0 radical (unpaired) electrons. The Hall–Kier alpha value is -2.97. The number of nitrogens with zero attached hydrogens (tertiary/aromatic N) is 2. The summed E-state index contributed by atoms with van der Waals surface area (Å²) in [4.78, 5) is 4.78. The van der Waals surface area contributed by atoms with Crippen LogP contribution in [0.4, 0.5) is 0 Å². The standard InChI is InChI=1S/C27H21ClN2OP.ClH/c28-22-18-16-21(17-19-22)27-29-26(31-30-27)20-32(23-10-4-1-5-11-23,24-12-6-2-7-13-24)25-14-8-3-9-15-25;/h1-19H,20H2;1H/q+1;/p-1. The Morgan fingerprint density at radius 2 is 1.09 bits per heavy atom. The van der Waals surface area contributed by atoms with E-state index in [1.165, 1.54) is 15.9 Å². The third-order valence-corrected chi connectivity index (χ3v) is 10.1. The zero-order valence-corrected chi connectivity index (χ0v) is 20.1. The summed E-state index contributed by atoms with van der Waals surface area (Å²) in [5.74, 6) is 1.20. The molecule has 4 aromatic carbocycles. The van der Waals surface area contributed by atoms with E-state index in [1.807, 2.05) is 24.3 Å². The second kappa shape index (κ2) is 10.3. The Morgan fingerprint density at radius 1 is 0.636 bits per heavy atom. The number of aromatic nitrogens is 2. The van der Waals surface area contributed by atoms with Crippen molar-refractivity contribution in [1.29, 1.82) is 0 Å². The maximum absolute atomic E-state index is 6.04. The van der Waals surface area contributed by atoms with Gasteiger partial charge in [-0.15, -0.1) is 0 Å². The maximum atomic E-state index is 6.04. The molecule has 1 heterocycles. The van der Waals surface area contributed by atoms with Gasteiger partial charge in [-0.1, -0.05) is 71.4 Å².